The molecule has 2 saturated carbocycles. The summed E-state index contributed by atoms with van der Waals surface area (Å²) < 4.78 is 5.95. The average molecular weight is 211 g/mol. The number of nitrogens with one attached hydrogen (secondary N) is 1. The van der Waals surface area contributed by atoms with Gasteiger partial charge in [0.1, 0.15) is 5.72 Å². The molecule has 0 spiro atoms. The van der Waals surface area contributed by atoms with Crippen LogP contribution in [0.1, 0.15) is 46.0 Å². The third-order valence-corrected chi connectivity index (χ3v) is 4.06. The molecule has 4 fully saturated rings. The zero-order valence-electron chi connectivity index (χ0n) is 9.62. The van der Waals surface area contributed by atoms with Crippen molar-refractivity contribution in [3.05, 3.63) is 0 Å². The Balaban J connectivity index is 1.86. The van der Waals surface area contributed by atoms with E-state index >= 15 is 0 Å². The Bertz CT molecular complexity index is 257. The summed E-state index contributed by atoms with van der Waals surface area (Å²) in [6.07, 6.45) is 5.18. The minimum absolute atomic E-state index is 0.215. The summed E-state index contributed by atoms with van der Waals surface area (Å²) in [6.45, 7) is 4.29. The topological polar surface area (TPSA) is 41.5 Å². The molecule has 4 bridgehead atoms. The van der Waals surface area contributed by atoms with Crippen molar-refractivity contribution in [1.29, 1.82) is 0 Å². The van der Waals surface area contributed by atoms with Gasteiger partial charge in [0.05, 0.1) is 0 Å². The lowest BCUT2D eigenvalue weighted by Gasteiger charge is -2.60. The van der Waals surface area contributed by atoms with Gasteiger partial charge in [-0.15, -0.1) is 0 Å². The van der Waals surface area contributed by atoms with Crippen LogP contribution in [0.15, 0.2) is 0 Å². The van der Waals surface area contributed by atoms with E-state index in [1.54, 1.807) is 0 Å². The monoisotopic (exact) mass is 211 g/mol. The zero-order chi connectivity index (χ0) is 10.7. The van der Waals surface area contributed by atoms with E-state index in [0.29, 0.717) is 17.9 Å². The Hall–Kier alpha value is -0.120. The average Bonchev–Trinajstić information content (AvgIpc) is 1.94. The van der Waals surface area contributed by atoms with Crippen molar-refractivity contribution in [3.8, 4) is 0 Å². The van der Waals surface area contributed by atoms with Crippen molar-refractivity contribution in [3.63, 3.8) is 0 Å². The number of hydrogen-bond acceptors (Lipinski definition) is 3. The summed E-state index contributed by atoms with van der Waals surface area (Å²) in [5.74, 6) is 0.524. The Morgan fingerprint density at radius 2 is 1.80 bits per heavy atom. The molecule has 2 aliphatic carbocycles. The molecule has 15 heavy (non-hydrogen) atoms. The summed E-state index contributed by atoms with van der Waals surface area (Å²) in [4.78, 5) is 0. The Morgan fingerprint density at radius 3 is 2.27 bits per heavy atom. The first-order valence-corrected chi connectivity index (χ1v) is 6.19. The molecule has 0 aromatic carbocycles. The Labute approximate surface area is 91.2 Å². The Kier molecular flexibility index (Phi) is 1.99. The van der Waals surface area contributed by atoms with Crippen molar-refractivity contribution in [2.24, 2.45) is 11.8 Å². The van der Waals surface area contributed by atoms with Gasteiger partial charge >= 0.3 is 0 Å². The van der Waals surface area contributed by atoms with Crippen LogP contribution >= 0.6 is 0 Å². The molecule has 4 rings (SSSR count). The molecule has 0 aromatic heterocycles. The first-order chi connectivity index (χ1) is 6.99. The van der Waals surface area contributed by atoms with Gasteiger partial charge < -0.3 is 9.84 Å². The smallest absolute Gasteiger partial charge is 0.168 e. The number of rotatable bonds is 2. The van der Waals surface area contributed by atoms with E-state index in [2.05, 4.69) is 19.2 Å². The summed E-state index contributed by atoms with van der Waals surface area (Å²) in [5.41, 5.74) is -0.215. The largest absolute Gasteiger partial charge is 0.365 e. The predicted molar refractivity (Wildman–Crippen MR) is 57.1 cm³/mol. The highest BCUT2D eigenvalue weighted by Gasteiger charge is 2.58. The molecule has 86 valence electrons. The third-order valence-electron chi connectivity index (χ3n) is 4.06. The van der Waals surface area contributed by atoms with Crippen molar-refractivity contribution in [2.45, 2.75) is 63.5 Å². The quantitative estimate of drug-likeness (QED) is 0.729. The molecule has 2 N–H and O–H groups in total. The van der Waals surface area contributed by atoms with Crippen LogP contribution < -0.4 is 5.32 Å². The number of aliphatic hydroxyl groups is 1. The highest BCUT2D eigenvalue weighted by atomic mass is 16.7. The molecular weight excluding hydrogens is 190 g/mol. The molecule has 2 unspecified atom stereocenters. The van der Waals surface area contributed by atoms with Gasteiger partial charge in [0.15, 0.2) is 5.79 Å². The molecule has 2 aliphatic heterocycles. The van der Waals surface area contributed by atoms with E-state index in [1.165, 1.54) is 6.42 Å². The molecule has 2 atom stereocenters. The van der Waals surface area contributed by atoms with E-state index < -0.39 is 5.79 Å². The van der Waals surface area contributed by atoms with Crippen LogP contribution in [-0.4, -0.2) is 22.7 Å². The lowest BCUT2D eigenvalue weighted by molar-refractivity contribution is -0.364. The van der Waals surface area contributed by atoms with Gasteiger partial charge in [-0.05, 0) is 44.9 Å². The van der Waals surface area contributed by atoms with E-state index in [1.807, 2.05) is 0 Å². The Morgan fingerprint density at radius 1 is 1.20 bits per heavy atom. The summed E-state index contributed by atoms with van der Waals surface area (Å²) in [6, 6.07) is 0.421. The fourth-order valence-corrected chi connectivity index (χ4v) is 4.15. The van der Waals surface area contributed by atoms with E-state index in [-0.39, 0.29) is 5.72 Å². The number of ether oxygens (including phenoxy) is 1. The SMILES string of the molecule is CC(C)NC12CC3CC(CC(O)(C3)O1)C2. The van der Waals surface area contributed by atoms with Gasteiger partial charge in [-0.1, -0.05) is 0 Å². The van der Waals surface area contributed by atoms with Crippen molar-refractivity contribution < 1.29 is 9.84 Å². The third kappa shape index (κ3) is 1.61. The van der Waals surface area contributed by atoms with Crippen LogP contribution in [0.3, 0.4) is 0 Å². The highest BCUT2D eigenvalue weighted by molar-refractivity contribution is 5.03. The summed E-state index contributed by atoms with van der Waals surface area (Å²) >= 11 is 0. The normalized spacial score (nSPS) is 52.8. The van der Waals surface area contributed by atoms with Crippen LogP contribution in [0.5, 0.6) is 0 Å². The molecule has 3 nitrogen and oxygen atoms in total. The maximum atomic E-state index is 10.3. The van der Waals surface area contributed by atoms with Gasteiger partial charge in [0, 0.05) is 18.9 Å². The summed E-state index contributed by atoms with van der Waals surface area (Å²) in [5, 5.41) is 13.8. The zero-order valence-corrected chi connectivity index (χ0v) is 9.62. The van der Waals surface area contributed by atoms with E-state index in [0.717, 1.165) is 25.7 Å². The van der Waals surface area contributed by atoms with Crippen LogP contribution in [-0.2, 0) is 4.74 Å². The van der Waals surface area contributed by atoms with Gasteiger partial charge in [-0.25, -0.2) is 0 Å². The number of hydrogen-bond donors (Lipinski definition) is 2. The van der Waals surface area contributed by atoms with Crippen LogP contribution in [0.25, 0.3) is 0 Å². The second-order valence-electron chi connectivity index (χ2n) is 6.13. The van der Waals surface area contributed by atoms with Crippen LogP contribution in [0, 0.1) is 11.8 Å². The van der Waals surface area contributed by atoms with Gasteiger partial charge in [0.25, 0.3) is 0 Å². The molecule has 0 aromatic rings. The van der Waals surface area contributed by atoms with Gasteiger partial charge in [-0.3, -0.25) is 5.32 Å². The van der Waals surface area contributed by atoms with Crippen molar-refractivity contribution in [1.82, 2.24) is 5.32 Å². The van der Waals surface area contributed by atoms with Gasteiger partial charge in [0.2, 0.25) is 0 Å². The maximum Gasteiger partial charge on any atom is 0.168 e. The molecule has 4 aliphatic rings. The second kappa shape index (κ2) is 2.96. The van der Waals surface area contributed by atoms with Crippen LogP contribution in [0.2, 0.25) is 0 Å². The fraction of sp³-hybridized carbons (Fsp3) is 1.00. The minimum Gasteiger partial charge on any atom is -0.365 e. The lowest BCUT2D eigenvalue weighted by atomic mass is 9.63. The standard InChI is InChI=1S/C12H21NO2/c1-8(2)13-11-4-9-3-10(5-11)7-12(14,6-9)15-11/h8-10,13-14H,3-7H2,1-2H3. The molecule has 3 heteroatoms. The van der Waals surface area contributed by atoms with E-state index in [4.69, 9.17) is 4.74 Å². The molecule has 0 amide bonds. The molecular formula is C12H21NO2. The van der Waals surface area contributed by atoms with Crippen molar-refractivity contribution >= 4 is 0 Å². The maximum absolute atomic E-state index is 10.3. The summed E-state index contributed by atoms with van der Waals surface area (Å²) in [7, 11) is 0. The molecule has 2 heterocycles. The second-order valence-corrected chi connectivity index (χ2v) is 6.13. The molecule has 2 saturated heterocycles. The lowest BCUT2D eigenvalue weighted by Crippen LogP contribution is -2.67. The molecule has 0 radical (unpaired) electrons. The minimum atomic E-state index is -0.814. The van der Waals surface area contributed by atoms with Crippen molar-refractivity contribution in [2.75, 3.05) is 0 Å². The van der Waals surface area contributed by atoms with E-state index in [9.17, 15) is 5.11 Å². The fourth-order valence-electron chi connectivity index (χ4n) is 4.15. The van der Waals surface area contributed by atoms with Crippen LogP contribution in [0.4, 0.5) is 0 Å². The first-order valence-electron chi connectivity index (χ1n) is 6.19. The van der Waals surface area contributed by atoms with Gasteiger partial charge in [-0.2, -0.15) is 0 Å². The highest BCUT2D eigenvalue weighted by Crippen LogP contribution is 2.55. The predicted octanol–water partition coefficient (Wildman–Crippen LogP) is 1.61. The first kappa shape index (κ1) is 10.1.